The molecule has 172 valence electrons. The molecule has 0 radical (unpaired) electrons. The van der Waals surface area contributed by atoms with E-state index in [0.29, 0.717) is 17.2 Å². The summed E-state index contributed by atoms with van der Waals surface area (Å²) in [7, 11) is 1.65. The Balaban J connectivity index is 1.48. The summed E-state index contributed by atoms with van der Waals surface area (Å²) in [5.41, 5.74) is 3.56. The highest BCUT2D eigenvalue weighted by Crippen LogP contribution is 2.37. The van der Waals surface area contributed by atoms with Crippen molar-refractivity contribution in [3.63, 3.8) is 0 Å². The van der Waals surface area contributed by atoms with Crippen LogP contribution in [0.1, 0.15) is 22.3 Å². The lowest BCUT2D eigenvalue weighted by Gasteiger charge is -2.27. The molecular formula is C25H28N4O3S. The van der Waals surface area contributed by atoms with Crippen molar-refractivity contribution in [2.24, 2.45) is 0 Å². The molecule has 0 spiro atoms. The molecule has 1 aliphatic rings. The number of nitrogens with one attached hydrogen (secondary N) is 1. The van der Waals surface area contributed by atoms with Crippen LogP contribution in [-0.2, 0) is 4.74 Å². The number of anilines is 1. The van der Waals surface area contributed by atoms with Crippen LogP contribution in [0, 0.1) is 6.92 Å². The summed E-state index contributed by atoms with van der Waals surface area (Å²) in [5.74, 6) is 0.691. The molecule has 1 amide bonds. The summed E-state index contributed by atoms with van der Waals surface area (Å²) < 4.78 is 12.1. The van der Waals surface area contributed by atoms with Gasteiger partial charge in [-0.2, -0.15) is 0 Å². The number of carbonyl (C=O) groups excluding carboxylic acids is 1. The number of thiazole rings is 1. The number of aryl methyl sites for hydroxylation is 1. The second-order valence-corrected chi connectivity index (χ2v) is 9.25. The lowest BCUT2D eigenvalue weighted by Crippen LogP contribution is -2.39. The van der Waals surface area contributed by atoms with E-state index in [-0.39, 0.29) is 5.91 Å². The first kappa shape index (κ1) is 21.9. The van der Waals surface area contributed by atoms with Gasteiger partial charge in [0.1, 0.15) is 11.3 Å². The molecule has 7 nitrogen and oxygen atoms in total. The number of rotatable bonds is 7. The number of morpholine rings is 1. The van der Waals surface area contributed by atoms with E-state index in [0.717, 1.165) is 71.7 Å². The molecule has 1 fully saturated rings. The maximum Gasteiger partial charge on any atom is 0.262 e. The second-order valence-electron chi connectivity index (χ2n) is 8.27. The van der Waals surface area contributed by atoms with Crippen LogP contribution in [0.4, 0.5) is 5.13 Å². The van der Waals surface area contributed by atoms with Gasteiger partial charge >= 0.3 is 0 Å². The van der Waals surface area contributed by atoms with Crippen molar-refractivity contribution in [3.8, 4) is 5.75 Å². The number of H-pyrrole nitrogens is 1. The molecule has 0 bridgehead atoms. The third-order valence-corrected chi connectivity index (χ3v) is 7.38. The number of aromatic nitrogens is 2. The first-order valence-corrected chi connectivity index (χ1v) is 12.1. The molecule has 1 aliphatic heterocycles. The molecule has 33 heavy (non-hydrogen) atoms. The molecule has 1 saturated heterocycles. The number of fused-ring (bicyclic) bond motifs is 2. The predicted octanol–water partition coefficient (Wildman–Crippen LogP) is 4.46. The number of methoxy groups -OCH3 is 1. The van der Waals surface area contributed by atoms with Gasteiger partial charge in [-0.15, -0.1) is 0 Å². The van der Waals surface area contributed by atoms with Gasteiger partial charge in [0, 0.05) is 43.3 Å². The number of hydrogen-bond acceptors (Lipinski definition) is 6. The van der Waals surface area contributed by atoms with Gasteiger partial charge in [-0.05, 0) is 31.0 Å². The number of nitrogens with zero attached hydrogens (tertiary/aromatic N) is 3. The SMILES string of the molecule is COc1ccc(C)c2sc(N(CCCN3CCOCC3)C(=O)c3c[nH]c4ccccc34)nc12. The van der Waals surface area contributed by atoms with E-state index in [2.05, 4.69) is 16.8 Å². The standard InChI is InChI=1S/C25H28N4O3S/c1-17-8-9-21(31-2)22-23(17)33-25(27-22)29(11-5-10-28-12-14-32-15-13-28)24(30)19-16-26-20-7-4-3-6-18(19)20/h3-4,6-9,16,26H,5,10-15H2,1-2H3. The van der Waals surface area contributed by atoms with E-state index in [1.54, 1.807) is 24.6 Å². The normalized spacial score (nSPS) is 14.7. The average molecular weight is 465 g/mol. The highest BCUT2D eigenvalue weighted by atomic mass is 32.1. The molecule has 0 saturated carbocycles. The molecule has 0 atom stereocenters. The van der Waals surface area contributed by atoms with Crippen LogP contribution in [0.25, 0.3) is 21.1 Å². The largest absolute Gasteiger partial charge is 0.494 e. The summed E-state index contributed by atoms with van der Waals surface area (Å²) in [6.07, 6.45) is 2.67. The zero-order valence-electron chi connectivity index (χ0n) is 19.0. The highest BCUT2D eigenvalue weighted by Gasteiger charge is 2.25. The lowest BCUT2D eigenvalue weighted by atomic mass is 10.1. The summed E-state index contributed by atoms with van der Waals surface area (Å²) in [5, 5.41) is 1.63. The third kappa shape index (κ3) is 4.34. The molecular weight excluding hydrogens is 436 g/mol. The van der Waals surface area contributed by atoms with Crippen LogP contribution >= 0.6 is 11.3 Å². The van der Waals surface area contributed by atoms with Crippen molar-refractivity contribution >= 4 is 43.5 Å². The Labute approximate surface area is 196 Å². The van der Waals surface area contributed by atoms with E-state index in [1.807, 2.05) is 41.3 Å². The fourth-order valence-corrected chi connectivity index (χ4v) is 5.41. The molecule has 2 aromatic carbocycles. The van der Waals surface area contributed by atoms with Gasteiger partial charge < -0.3 is 14.5 Å². The minimum Gasteiger partial charge on any atom is -0.494 e. The van der Waals surface area contributed by atoms with E-state index in [9.17, 15) is 4.79 Å². The maximum atomic E-state index is 13.8. The van der Waals surface area contributed by atoms with Gasteiger partial charge in [-0.25, -0.2) is 4.98 Å². The lowest BCUT2D eigenvalue weighted by molar-refractivity contribution is 0.0376. The average Bonchev–Trinajstić information content (AvgIpc) is 3.48. The highest BCUT2D eigenvalue weighted by molar-refractivity contribution is 7.22. The van der Waals surface area contributed by atoms with Gasteiger partial charge in [0.2, 0.25) is 0 Å². The fourth-order valence-electron chi connectivity index (χ4n) is 4.33. The van der Waals surface area contributed by atoms with Crippen LogP contribution < -0.4 is 9.64 Å². The van der Waals surface area contributed by atoms with Crippen molar-refractivity contribution in [1.29, 1.82) is 0 Å². The van der Waals surface area contributed by atoms with Crippen LogP contribution in [0.15, 0.2) is 42.6 Å². The van der Waals surface area contributed by atoms with Crippen molar-refractivity contribution in [1.82, 2.24) is 14.9 Å². The quantitative estimate of drug-likeness (QED) is 0.437. The first-order valence-electron chi connectivity index (χ1n) is 11.3. The van der Waals surface area contributed by atoms with E-state index < -0.39 is 0 Å². The number of aromatic amines is 1. The van der Waals surface area contributed by atoms with Crippen LogP contribution in [-0.4, -0.2) is 67.3 Å². The summed E-state index contributed by atoms with van der Waals surface area (Å²) >= 11 is 1.55. The van der Waals surface area contributed by atoms with E-state index >= 15 is 0 Å². The number of benzene rings is 2. The van der Waals surface area contributed by atoms with Gasteiger partial charge in [0.05, 0.1) is 30.6 Å². The van der Waals surface area contributed by atoms with Gasteiger partial charge in [-0.3, -0.25) is 14.6 Å². The summed E-state index contributed by atoms with van der Waals surface area (Å²) in [4.78, 5) is 26.2. The minimum atomic E-state index is -0.0369. The smallest absolute Gasteiger partial charge is 0.262 e. The number of amides is 1. The molecule has 5 rings (SSSR count). The van der Waals surface area contributed by atoms with E-state index in [1.165, 1.54) is 0 Å². The Kier molecular flexibility index (Phi) is 6.30. The molecule has 0 aliphatic carbocycles. The Hall–Kier alpha value is -2.94. The van der Waals surface area contributed by atoms with Crippen LogP contribution in [0.2, 0.25) is 0 Å². The molecule has 2 aromatic heterocycles. The predicted molar refractivity (Wildman–Crippen MR) is 133 cm³/mol. The zero-order chi connectivity index (χ0) is 22.8. The zero-order valence-corrected chi connectivity index (χ0v) is 19.8. The molecule has 1 N–H and O–H groups in total. The van der Waals surface area contributed by atoms with Crippen molar-refractivity contribution in [2.75, 3.05) is 51.4 Å². The maximum absolute atomic E-state index is 13.8. The minimum absolute atomic E-state index is 0.0369. The Bertz CT molecular complexity index is 1280. The third-order valence-electron chi connectivity index (χ3n) is 6.17. The topological polar surface area (TPSA) is 70.7 Å². The Morgan fingerprint density at radius 1 is 1.24 bits per heavy atom. The fraction of sp³-hybridized carbons (Fsp3) is 0.360. The van der Waals surface area contributed by atoms with Crippen molar-refractivity contribution < 1.29 is 14.3 Å². The Morgan fingerprint density at radius 3 is 2.88 bits per heavy atom. The van der Waals surface area contributed by atoms with Crippen LogP contribution in [0.3, 0.4) is 0 Å². The molecule has 4 aromatic rings. The molecule has 3 heterocycles. The van der Waals surface area contributed by atoms with Gasteiger partial charge in [0.15, 0.2) is 5.13 Å². The number of para-hydroxylation sites is 1. The van der Waals surface area contributed by atoms with Gasteiger partial charge in [0.25, 0.3) is 5.91 Å². The molecule has 0 unspecified atom stereocenters. The monoisotopic (exact) mass is 464 g/mol. The van der Waals surface area contributed by atoms with Crippen molar-refractivity contribution in [2.45, 2.75) is 13.3 Å². The second kappa shape index (κ2) is 9.51. The van der Waals surface area contributed by atoms with Crippen molar-refractivity contribution in [3.05, 3.63) is 53.7 Å². The van der Waals surface area contributed by atoms with E-state index in [4.69, 9.17) is 14.5 Å². The number of hydrogen-bond donors (Lipinski definition) is 1. The number of ether oxygens (including phenoxy) is 2. The van der Waals surface area contributed by atoms with Gasteiger partial charge in [-0.1, -0.05) is 35.6 Å². The summed E-state index contributed by atoms with van der Waals surface area (Å²) in [6.45, 7) is 7.00. The first-order chi connectivity index (χ1) is 16.2. The molecule has 8 heteroatoms. The van der Waals surface area contributed by atoms with Crippen LogP contribution in [0.5, 0.6) is 5.75 Å². The Morgan fingerprint density at radius 2 is 2.06 bits per heavy atom. The number of carbonyl (C=O) groups is 1. The summed E-state index contributed by atoms with van der Waals surface area (Å²) in [6, 6.07) is 11.9.